The number of nitrogens with zero attached hydrogens (tertiary/aromatic N) is 2. The minimum atomic E-state index is 0.845. The highest BCUT2D eigenvalue weighted by Crippen LogP contribution is 2.33. The maximum atomic E-state index is 5.33. The van der Waals surface area contributed by atoms with Crippen LogP contribution in [-0.4, -0.2) is 23.3 Å². The number of aromatic nitrogens is 2. The van der Waals surface area contributed by atoms with Crippen molar-refractivity contribution in [1.29, 1.82) is 0 Å². The van der Waals surface area contributed by atoms with Crippen molar-refractivity contribution < 1.29 is 4.74 Å². The van der Waals surface area contributed by atoms with Crippen LogP contribution in [-0.2, 0) is 0 Å². The van der Waals surface area contributed by atoms with E-state index in [0.29, 0.717) is 0 Å². The van der Waals surface area contributed by atoms with Gasteiger partial charge in [-0.2, -0.15) is 0 Å². The zero-order valence-electron chi connectivity index (χ0n) is 14.6. The topological polar surface area (TPSA) is 47.0 Å². The van der Waals surface area contributed by atoms with Gasteiger partial charge in [0.2, 0.25) is 0 Å². The molecular weight excluding hydrogens is 382 g/mol. The molecule has 0 bridgehead atoms. The SMILES string of the molecule is COc1ccc(-c2csc(Nc3nc4ccc(SC)cc4s3)n2)cc1C. The van der Waals surface area contributed by atoms with Crippen molar-refractivity contribution in [2.75, 3.05) is 18.7 Å². The summed E-state index contributed by atoms with van der Waals surface area (Å²) >= 11 is 4.97. The third-order valence-corrected chi connectivity index (χ3v) is 6.42. The average molecular weight is 400 g/mol. The Kier molecular flexibility index (Phi) is 4.84. The number of hydrogen-bond donors (Lipinski definition) is 1. The number of fused-ring (bicyclic) bond motifs is 1. The van der Waals surface area contributed by atoms with Gasteiger partial charge in [-0.05, 0) is 55.1 Å². The number of methoxy groups -OCH3 is 1. The molecule has 0 saturated heterocycles. The van der Waals surface area contributed by atoms with Crippen LogP contribution >= 0.6 is 34.4 Å². The van der Waals surface area contributed by atoms with Crippen LogP contribution in [0.4, 0.5) is 10.3 Å². The van der Waals surface area contributed by atoms with Crippen molar-refractivity contribution in [3.05, 3.63) is 47.3 Å². The molecule has 0 amide bonds. The first-order valence-corrected chi connectivity index (χ1v) is 10.9. The number of hydrogen-bond acceptors (Lipinski definition) is 7. The Bertz CT molecular complexity index is 1070. The quantitative estimate of drug-likeness (QED) is 0.405. The minimum absolute atomic E-state index is 0.845. The molecule has 4 rings (SSSR count). The summed E-state index contributed by atoms with van der Waals surface area (Å²) < 4.78 is 6.51. The van der Waals surface area contributed by atoms with Crippen molar-refractivity contribution in [3.8, 4) is 17.0 Å². The van der Waals surface area contributed by atoms with Crippen LogP contribution in [0.5, 0.6) is 5.75 Å². The fraction of sp³-hybridized carbons (Fsp3) is 0.158. The zero-order valence-corrected chi connectivity index (χ0v) is 17.0. The Balaban J connectivity index is 1.57. The van der Waals surface area contributed by atoms with Gasteiger partial charge in [-0.25, -0.2) is 9.97 Å². The zero-order chi connectivity index (χ0) is 18.1. The Labute approximate surface area is 164 Å². The normalized spacial score (nSPS) is 11.0. The summed E-state index contributed by atoms with van der Waals surface area (Å²) in [7, 11) is 1.69. The van der Waals surface area contributed by atoms with Gasteiger partial charge in [0.15, 0.2) is 10.3 Å². The highest BCUT2D eigenvalue weighted by atomic mass is 32.2. The molecule has 7 heteroatoms. The van der Waals surface area contributed by atoms with E-state index in [-0.39, 0.29) is 0 Å². The van der Waals surface area contributed by atoms with E-state index in [4.69, 9.17) is 9.72 Å². The molecule has 2 heterocycles. The van der Waals surface area contributed by atoms with Gasteiger partial charge in [0.05, 0.1) is 23.0 Å². The molecule has 0 aliphatic rings. The molecule has 0 aliphatic carbocycles. The second kappa shape index (κ2) is 7.26. The lowest BCUT2D eigenvalue weighted by Crippen LogP contribution is -1.89. The van der Waals surface area contributed by atoms with Gasteiger partial charge >= 0.3 is 0 Å². The number of rotatable bonds is 5. The number of ether oxygens (including phenoxy) is 1. The first-order valence-electron chi connectivity index (χ1n) is 7.98. The summed E-state index contributed by atoms with van der Waals surface area (Å²) in [4.78, 5) is 10.6. The van der Waals surface area contributed by atoms with Crippen LogP contribution in [0.25, 0.3) is 21.5 Å². The van der Waals surface area contributed by atoms with Crippen molar-refractivity contribution in [2.45, 2.75) is 11.8 Å². The number of aryl methyl sites for hydroxylation is 1. The molecular formula is C19H17N3OS3. The fourth-order valence-electron chi connectivity index (χ4n) is 2.68. The van der Waals surface area contributed by atoms with E-state index in [2.05, 4.69) is 46.2 Å². The second-order valence-electron chi connectivity index (χ2n) is 5.70. The number of thiazole rings is 2. The molecule has 0 spiro atoms. The highest BCUT2D eigenvalue weighted by molar-refractivity contribution is 7.98. The molecule has 0 radical (unpaired) electrons. The predicted octanol–water partition coefficient (Wildman–Crippen LogP) is 6.20. The Hall–Kier alpha value is -2.09. The molecule has 0 unspecified atom stereocenters. The van der Waals surface area contributed by atoms with Gasteiger partial charge in [0.25, 0.3) is 0 Å². The third kappa shape index (κ3) is 3.42. The van der Waals surface area contributed by atoms with Gasteiger partial charge in [0, 0.05) is 15.8 Å². The molecule has 0 fully saturated rings. The van der Waals surface area contributed by atoms with Crippen LogP contribution in [0.1, 0.15) is 5.56 Å². The molecule has 4 aromatic rings. The standard InChI is InChI=1S/C19H17N3OS3/c1-11-8-12(4-7-16(11)23-2)15-10-25-18(21-15)22-19-20-14-6-5-13(24-3)9-17(14)26-19/h4-10H,1-3H3,(H,20,21,22). The fourth-order valence-corrected chi connectivity index (χ4v) is 4.88. The van der Waals surface area contributed by atoms with E-state index < -0.39 is 0 Å². The van der Waals surface area contributed by atoms with E-state index >= 15 is 0 Å². The van der Waals surface area contributed by atoms with Crippen LogP contribution < -0.4 is 10.1 Å². The minimum Gasteiger partial charge on any atom is -0.496 e. The van der Waals surface area contributed by atoms with Crippen LogP contribution in [0.2, 0.25) is 0 Å². The molecule has 132 valence electrons. The lowest BCUT2D eigenvalue weighted by atomic mass is 10.1. The van der Waals surface area contributed by atoms with Gasteiger partial charge < -0.3 is 10.1 Å². The van der Waals surface area contributed by atoms with E-state index in [9.17, 15) is 0 Å². The molecule has 4 nitrogen and oxygen atoms in total. The second-order valence-corrected chi connectivity index (χ2v) is 8.47. The lowest BCUT2D eigenvalue weighted by Gasteiger charge is -2.05. The van der Waals surface area contributed by atoms with Crippen LogP contribution in [0.3, 0.4) is 0 Å². The van der Waals surface area contributed by atoms with Gasteiger partial charge in [-0.15, -0.1) is 23.1 Å². The number of nitrogens with one attached hydrogen (secondary N) is 1. The van der Waals surface area contributed by atoms with E-state index in [1.807, 2.05) is 19.1 Å². The number of benzene rings is 2. The molecule has 26 heavy (non-hydrogen) atoms. The van der Waals surface area contributed by atoms with Gasteiger partial charge in [-0.3, -0.25) is 0 Å². The summed E-state index contributed by atoms with van der Waals surface area (Å²) in [6.07, 6.45) is 2.08. The van der Waals surface area contributed by atoms with Crippen LogP contribution in [0, 0.1) is 6.92 Å². The first kappa shape index (κ1) is 17.3. The molecule has 2 aromatic heterocycles. The number of anilines is 2. The summed E-state index contributed by atoms with van der Waals surface area (Å²) in [6, 6.07) is 12.5. The molecule has 0 saturated carbocycles. The van der Waals surface area contributed by atoms with Crippen molar-refractivity contribution in [3.63, 3.8) is 0 Å². The smallest absolute Gasteiger partial charge is 0.190 e. The Morgan fingerprint density at radius 2 is 1.96 bits per heavy atom. The summed E-state index contributed by atoms with van der Waals surface area (Å²) in [5, 5.41) is 7.11. The Morgan fingerprint density at radius 3 is 2.73 bits per heavy atom. The highest BCUT2D eigenvalue weighted by Gasteiger charge is 2.10. The summed E-state index contributed by atoms with van der Waals surface area (Å²) in [6.45, 7) is 2.04. The summed E-state index contributed by atoms with van der Waals surface area (Å²) in [5.41, 5.74) is 4.15. The van der Waals surface area contributed by atoms with Gasteiger partial charge in [0.1, 0.15) is 5.75 Å². The summed E-state index contributed by atoms with van der Waals surface area (Å²) in [5.74, 6) is 0.890. The monoisotopic (exact) mass is 399 g/mol. The van der Waals surface area contributed by atoms with Gasteiger partial charge in [-0.1, -0.05) is 11.3 Å². The predicted molar refractivity (Wildman–Crippen MR) is 114 cm³/mol. The molecule has 1 N–H and O–H groups in total. The van der Waals surface area contributed by atoms with Crippen LogP contribution in [0.15, 0.2) is 46.7 Å². The Morgan fingerprint density at radius 1 is 1.08 bits per heavy atom. The number of thioether (sulfide) groups is 1. The van der Waals surface area contributed by atoms with E-state index in [1.165, 1.54) is 9.60 Å². The largest absolute Gasteiger partial charge is 0.496 e. The lowest BCUT2D eigenvalue weighted by molar-refractivity contribution is 0.412. The van der Waals surface area contributed by atoms with Crippen molar-refractivity contribution in [2.24, 2.45) is 0 Å². The first-order chi connectivity index (χ1) is 12.7. The van der Waals surface area contributed by atoms with Crippen molar-refractivity contribution in [1.82, 2.24) is 9.97 Å². The maximum Gasteiger partial charge on any atom is 0.190 e. The average Bonchev–Trinajstić information content (AvgIpc) is 3.27. The molecule has 0 atom stereocenters. The van der Waals surface area contributed by atoms with E-state index in [0.717, 1.165) is 38.4 Å². The molecule has 0 aliphatic heterocycles. The van der Waals surface area contributed by atoms with Crippen molar-refractivity contribution >= 4 is 54.9 Å². The van der Waals surface area contributed by atoms with E-state index in [1.54, 1.807) is 41.5 Å². The molecule has 2 aromatic carbocycles. The maximum absolute atomic E-state index is 5.33. The third-order valence-electron chi connectivity index (χ3n) is 4.00.